The zero-order valence-electron chi connectivity index (χ0n) is 9.60. The van der Waals surface area contributed by atoms with E-state index in [1.54, 1.807) is 23.1 Å². The summed E-state index contributed by atoms with van der Waals surface area (Å²) in [6.07, 6.45) is 0. The number of fused-ring (bicyclic) bond motifs is 1. The van der Waals surface area contributed by atoms with Crippen LogP contribution in [0.2, 0.25) is 0 Å². The first-order valence-corrected chi connectivity index (χ1v) is 7.01. The van der Waals surface area contributed by atoms with Gasteiger partial charge in [0.25, 0.3) is 0 Å². The van der Waals surface area contributed by atoms with Crippen molar-refractivity contribution in [3.63, 3.8) is 0 Å². The van der Waals surface area contributed by atoms with E-state index in [0.29, 0.717) is 17.1 Å². The van der Waals surface area contributed by atoms with Crippen LogP contribution in [-0.2, 0) is 0 Å². The zero-order chi connectivity index (χ0) is 11.7. The third-order valence-corrected chi connectivity index (χ3v) is 4.80. The van der Waals surface area contributed by atoms with Crippen LogP contribution in [-0.4, -0.2) is 15.2 Å². The molecule has 2 N–H and O–H groups in total. The topological polar surface area (TPSA) is 51.8 Å². The van der Waals surface area contributed by atoms with Gasteiger partial charge in [-0.3, -0.25) is 0 Å². The Bertz CT molecular complexity index is 493. The number of hydrogen-bond acceptors (Lipinski definition) is 5. The van der Waals surface area contributed by atoms with Gasteiger partial charge in [0.15, 0.2) is 0 Å². The summed E-state index contributed by atoms with van der Waals surface area (Å²) < 4.78 is 0. The molecule has 1 unspecified atom stereocenters. The predicted octanol–water partition coefficient (Wildman–Crippen LogP) is 3.41. The molecular weight excluding hydrogens is 238 g/mol. The molecule has 0 aromatic carbocycles. The summed E-state index contributed by atoms with van der Waals surface area (Å²) in [6.45, 7) is 6.64. The van der Waals surface area contributed by atoms with Crippen LogP contribution >= 0.6 is 23.1 Å². The van der Waals surface area contributed by atoms with E-state index in [1.807, 2.05) is 5.38 Å². The molecule has 0 saturated heterocycles. The van der Waals surface area contributed by atoms with Crippen LogP contribution in [0.4, 0.5) is 5.95 Å². The highest BCUT2D eigenvalue weighted by Gasteiger charge is 2.14. The number of thiophene rings is 1. The van der Waals surface area contributed by atoms with Gasteiger partial charge in [-0.2, -0.15) is 0 Å². The van der Waals surface area contributed by atoms with E-state index in [1.165, 1.54) is 0 Å². The van der Waals surface area contributed by atoms with Crippen molar-refractivity contribution >= 4 is 39.3 Å². The quantitative estimate of drug-likeness (QED) is 0.672. The molecular formula is C11H15N3S2. The van der Waals surface area contributed by atoms with Crippen molar-refractivity contribution in [1.29, 1.82) is 0 Å². The first kappa shape index (κ1) is 11.7. The van der Waals surface area contributed by atoms with Gasteiger partial charge in [-0.05, 0) is 17.4 Å². The Morgan fingerprint density at radius 3 is 2.75 bits per heavy atom. The fourth-order valence-electron chi connectivity index (χ4n) is 1.25. The van der Waals surface area contributed by atoms with E-state index in [9.17, 15) is 0 Å². The summed E-state index contributed by atoms with van der Waals surface area (Å²) in [5, 5.41) is 4.68. The molecule has 0 bridgehead atoms. The van der Waals surface area contributed by atoms with Gasteiger partial charge in [0.2, 0.25) is 5.95 Å². The fraction of sp³-hybridized carbons (Fsp3) is 0.455. The molecule has 2 aromatic rings. The number of nitrogens with two attached hydrogens (primary N) is 1. The highest BCUT2D eigenvalue weighted by Crippen LogP contribution is 2.33. The second-order valence-electron chi connectivity index (χ2n) is 4.09. The number of anilines is 1. The second-order valence-corrected chi connectivity index (χ2v) is 6.35. The minimum absolute atomic E-state index is 0.369. The van der Waals surface area contributed by atoms with Gasteiger partial charge in [0, 0.05) is 10.6 Å². The summed E-state index contributed by atoms with van der Waals surface area (Å²) in [7, 11) is 0. The third-order valence-electron chi connectivity index (χ3n) is 2.54. The first-order valence-electron chi connectivity index (χ1n) is 5.25. The second kappa shape index (κ2) is 4.59. The zero-order valence-corrected chi connectivity index (χ0v) is 11.2. The smallest absolute Gasteiger partial charge is 0.222 e. The van der Waals surface area contributed by atoms with E-state index in [0.717, 1.165) is 15.2 Å². The van der Waals surface area contributed by atoms with Crippen molar-refractivity contribution in [2.75, 3.05) is 5.73 Å². The Hall–Kier alpha value is -0.810. The van der Waals surface area contributed by atoms with Gasteiger partial charge in [-0.15, -0.1) is 23.1 Å². The molecule has 0 aliphatic rings. The first-order chi connectivity index (χ1) is 7.58. The Kier molecular flexibility index (Phi) is 3.35. The molecule has 3 nitrogen and oxygen atoms in total. The summed E-state index contributed by atoms with van der Waals surface area (Å²) in [4.78, 5) is 9.53. The monoisotopic (exact) mass is 253 g/mol. The van der Waals surface area contributed by atoms with E-state index in [2.05, 4.69) is 36.8 Å². The van der Waals surface area contributed by atoms with Gasteiger partial charge in [-0.1, -0.05) is 20.8 Å². The number of aromatic nitrogens is 2. The highest BCUT2D eigenvalue weighted by atomic mass is 32.2. The molecule has 2 aromatic heterocycles. The molecule has 0 aliphatic heterocycles. The van der Waals surface area contributed by atoms with Crippen LogP contribution in [0.3, 0.4) is 0 Å². The molecule has 16 heavy (non-hydrogen) atoms. The number of hydrogen-bond donors (Lipinski definition) is 1. The van der Waals surface area contributed by atoms with Crippen LogP contribution in [0, 0.1) is 5.92 Å². The van der Waals surface area contributed by atoms with Gasteiger partial charge in [0.1, 0.15) is 9.86 Å². The lowest BCUT2D eigenvalue weighted by Gasteiger charge is -2.14. The number of nitrogens with zero attached hydrogens (tertiary/aromatic N) is 2. The Labute approximate surface area is 103 Å². The van der Waals surface area contributed by atoms with Gasteiger partial charge < -0.3 is 5.73 Å². The maximum atomic E-state index is 5.71. The Balaban J connectivity index is 2.39. The molecule has 2 heterocycles. The van der Waals surface area contributed by atoms with E-state index in [-0.39, 0.29) is 0 Å². The molecule has 0 fully saturated rings. The van der Waals surface area contributed by atoms with Crippen LogP contribution in [0.15, 0.2) is 16.5 Å². The Morgan fingerprint density at radius 1 is 1.31 bits per heavy atom. The minimum atomic E-state index is 0.369. The van der Waals surface area contributed by atoms with Crippen LogP contribution in [0.5, 0.6) is 0 Å². The highest BCUT2D eigenvalue weighted by molar-refractivity contribution is 8.00. The van der Waals surface area contributed by atoms with Gasteiger partial charge in [-0.25, -0.2) is 9.97 Å². The van der Waals surface area contributed by atoms with E-state index >= 15 is 0 Å². The lowest BCUT2D eigenvalue weighted by Crippen LogP contribution is -2.06. The van der Waals surface area contributed by atoms with E-state index in [4.69, 9.17) is 5.73 Å². The van der Waals surface area contributed by atoms with Crippen LogP contribution < -0.4 is 5.73 Å². The van der Waals surface area contributed by atoms with E-state index < -0.39 is 0 Å². The Morgan fingerprint density at radius 2 is 2.06 bits per heavy atom. The number of thioether (sulfide) groups is 1. The SMILES string of the molecule is CC(C)C(C)Sc1nc(N)nc2sccc12. The molecule has 0 aliphatic carbocycles. The molecule has 5 heteroatoms. The maximum Gasteiger partial charge on any atom is 0.222 e. The molecule has 0 spiro atoms. The van der Waals surface area contributed by atoms with Gasteiger partial charge >= 0.3 is 0 Å². The van der Waals surface area contributed by atoms with Crippen molar-refractivity contribution in [2.45, 2.75) is 31.0 Å². The molecule has 86 valence electrons. The van der Waals surface area contributed by atoms with Crippen molar-refractivity contribution in [1.82, 2.24) is 9.97 Å². The average Bonchev–Trinajstić information content (AvgIpc) is 2.65. The minimum Gasteiger partial charge on any atom is -0.368 e. The molecule has 0 amide bonds. The van der Waals surface area contributed by atoms with Crippen LogP contribution in [0.1, 0.15) is 20.8 Å². The third kappa shape index (κ3) is 2.30. The molecule has 2 rings (SSSR count). The lowest BCUT2D eigenvalue weighted by molar-refractivity contribution is 0.642. The summed E-state index contributed by atoms with van der Waals surface area (Å²) in [5.41, 5.74) is 5.71. The van der Waals surface area contributed by atoms with Crippen molar-refractivity contribution in [2.24, 2.45) is 5.92 Å². The van der Waals surface area contributed by atoms with Crippen molar-refractivity contribution in [3.8, 4) is 0 Å². The van der Waals surface area contributed by atoms with Gasteiger partial charge in [0.05, 0.1) is 0 Å². The van der Waals surface area contributed by atoms with Crippen molar-refractivity contribution in [3.05, 3.63) is 11.4 Å². The van der Waals surface area contributed by atoms with Crippen molar-refractivity contribution < 1.29 is 0 Å². The largest absolute Gasteiger partial charge is 0.368 e. The normalized spacial score (nSPS) is 13.5. The standard InChI is InChI=1S/C11H15N3S2/c1-6(2)7(3)16-10-8-4-5-15-9(8)13-11(12)14-10/h4-7H,1-3H3,(H2,12,13,14). The predicted molar refractivity (Wildman–Crippen MR) is 72.0 cm³/mol. The maximum absolute atomic E-state index is 5.71. The molecule has 0 radical (unpaired) electrons. The molecule has 1 atom stereocenters. The fourth-order valence-corrected chi connectivity index (χ4v) is 3.14. The van der Waals surface area contributed by atoms with Crippen LogP contribution in [0.25, 0.3) is 10.2 Å². The number of nitrogen functional groups attached to an aromatic ring is 1. The molecule has 0 saturated carbocycles. The summed E-state index contributed by atoms with van der Waals surface area (Å²) in [5.74, 6) is 0.989. The lowest BCUT2D eigenvalue weighted by atomic mass is 10.2. The number of rotatable bonds is 3. The average molecular weight is 253 g/mol. The summed E-state index contributed by atoms with van der Waals surface area (Å²) in [6, 6.07) is 2.06. The summed E-state index contributed by atoms with van der Waals surface area (Å²) >= 11 is 3.38.